The fourth-order valence-electron chi connectivity index (χ4n) is 1.95. The fraction of sp³-hybridized carbons (Fsp3) is 0.0588. The Morgan fingerprint density at radius 3 is 2.43 bits per heavy atom. The number of amides is 2. The molecule has 0 aromatic heterocycles. The SMILES string of the molecule is COC(=O)c1ccc(NC(=O)C(=O)N/N=C\c2cc([N+](=O)[O-])ccc2Cl)cc1. The van der Waals surface area contributed by atoms with Gasteiger partial charge in [0.2, 0.25) is 0 Å². The number of carbonyl (C=O) groups is 3. The van der Waals surface area contributed by atoms with Crippen LogP contribution in [-0.4, -0.2) is 36.0 Å². The Labute approximate surface area is 163 Å². The molecule has 0 radical (unpaired) electrons. The van der Waals surface area contributed by atoms with Gasteiger partial charge in [-0.25, -0.2) is 10.2 Å². The van der Waals surface area contributed by atoms with Crippen LogP contribution in [0.4, 0.5) is 11.4 Å². The van der Waals surface area contributed by atoms with Crippen molar-refractivity contribution in [1.29, 1.82) is 0 Å². The molecule has 0 atom stereocenters. The third kappa shape index (κ3) is 5.35. The maximum atomic E-state index is 11.8. The molecule has 0 unspecified atom stereocenters. The van der Waals surface area contributed by atoms with Crippen LogP contribution in [0.1, 0.15) is 15.9 Å². The van der Waals surface area contributed by atoms with E-state index in [2.05, 4.69) is 15.2 Å². The number of esters is 1. The number of nitro groups is 1. The number of hydrogen-bond acceptors (Lipinski definition) is 7. The quantitative estimate of drug-likeness (QED) is 0.257. The van der Waals surface area contributed by atoms with Gasteiger partial charge in [-0.3, -0.25) is 19.7 Å². The minimum Gasteiger partial charge on any atom is -0.465 e. The summed E-state index contributed by atoms with van der Waals surface area (Å²) in [5.41, 5.74) is 2.53. The first-order valence-electron chi connectivity index (χ1n) is 7.58. The average Bonchev–Trinajstić information content (AvgIpc) is 2.69. The second-order valence-electron chi connectivity index (χ2n) is 5.19. The Morgan fingerprint density at radius 1 is 1.14 bits per heavy atom. The largest absolute Gasteiger partial charge is 0.465 e. The highest BCUT2D eigenvalue weighted by Gasteiger charge is 2.14. The second-order valence-corrected chi connectivity index (χ2v) is 5.59. The molecule has 0 aliphatic heterocycles. The lowest BCUT2D eigenvalue weighted by molar-refractivity contribution is -0.384. The van der Waals surface area contributed by atoms with E-state index in [1.165, 1.54) is 49.6 Å². The van der Waals surface area contributed by atoms with E-state index in [1.54, 1.807) is 0 Å². The number of ether oxygens (including phenoxy) is 1. The Kier molecular flexibility index (Phi) is 6.77. The number of non-ortho nitro benzene ring substituents is 1. The summed E-state index contributed by atoms with van der Waals surface area (Å²) in [6, 6.07) is 9.38. The Balaban J connectivity index is 1.96. The van der Waals surface area contributed by atoms with Gasteiger partial charge in [0.25, 0.3) is 5.69 Å². The summed E-state index contributed by atoms with van der Waals surface area (Å²) in [5.74, 6) is -2.62. The smallest absolute Gasteiger partial charge is 0.337 e. The molecule has 0 aliphatic carbocycles. The number of halogens is 1. The third-order valence-corrected chi connectivity index (χ3v) is 3.67. The van der Waals surface area contributed by atoms with Crippen molar-refractivity contribution in [3.8, 4) is 0 Å². The normalized spacial score (nSPS) is 10.4. The van der Waals surface area contributed by atoms with Crippen LogP contribution in [-0.2, 0) is 14.3 Å². The van der Waals surface area contributed by atoms with E-state index in [1.807, 2.05) is 5.43 Å². The maximum Gasteiger partial charge on any atom is 0.337 e. The van der Waals surface area contributed by atoms with Crippen molar-refractivity contribution in [3.63, 3.8) is 0 Å². The topological polar surface area (TPSA) is 140 Å². The van der Waals surface area contributed by atoms with E-state index >= 15 is 0 Å². The zero-order valence-corrected chi connectivity index (χ0v) is 15.1. The van der Waals surface area contributed by atoms with Gasteiger partial charge in [-0.15, -0.1) is 0 Å². The number of nitrogens with zero attached hydrogens (tertiary/aromatic N) is 2. The van der Waals surface area contributed by atoms with Crippen LogP contribution in [0.2, 0.25) is 5.02 Å². The molecule has 28 heavy (non-hydrogen) atoms. The molecule has 0 saturated carbocycles. The molecule has 2 rings (SSSR count). The molecular weight excluding hydrogens is 392 g/mol. The van der Waals surface area contributed by atoms with Crippen LogP contribution in [0.25, 0.3) is 0 Å². The minimum atomic E-state index is -1.07. The summed E-state index contributed by atoms with van der Waals surface area (Å²) in [4.78, 5) is 45.1. The molecule has 10 nitrogen and oxygen atoms in total. The summed E-state index contributed by atoms with van der Waals surface area (Å²) < 4.78 is 4.55. The first-order chi connectivity index (χ1) is 13.3. The van der Waals surface area contributed by atoms with E-state index in [9.17, 15) is 24.5 Å². The van der Waals surface area contributed by atoms with Crippen LogP contribution in [0.3, 0.4) is 0 Å². The molecule has 2 aromatic carbocycles. The van der Waals surface area contributed by atoms with Crippen LogP contribution in [0.5, 0.6) is 0 Å². The van der Waals surface area contributed by atoms with Gasteiger partial charge in [0.05, 0.1) is 23.8 Å². The number of benzene rings is 2. The molecule has 2 aromatic rings. The molecule has 11 heteroatoms. The number of carbonyl (C=O) groups excluding carboxylic acids is 3. The first-order valence-corrected chi connectivity index (χ1v) is 7.96. The number of anilines is 1. The van der Waals surface area contributed by atoms with Gasteiger partial charge in [-0.1, -0.05) is 11.6 Å². The molecular formula is C17H13ClN4O6. The number of hydrazone groups is 1. The van der Waals surface area contributed by atoms with E-state index in [0.29, 0.717) is 0 Å². The highest BCUT2D eigenvalue weighted by Crippen LogP contribution is 2.20. The zero-order valence-electron chi connectivity index (χ0n) is 14.3. The summed E-state index contributed by atoms with van der Waals surface area (Å²) in [5, 5.41) is 16.8. The molecule has 2 N–H and O–H groups in total. The summed E-state index contributed by atoms with van der Waals surface area (Å²) >= 11 is 5.89. The van der Waals surface area contributed by atoms with Gasteiger partial charge in [-0.05, 0) is 30.3 Å². The van der Waals surface area contributed by atoms with Crippen molar-refractivity contribution in [3.05, 3.63) is 68.7 Å². The fourth-order valence-corrected chi connectivity index (χ4v) is 2.12. The van der Waals surface area contributed by atoms with Crippen molar-refractivity contribution < 1.29 is 24.0 Å². The number of methoxy groups -OCH3 is 1. The van der Waals surface area contributed by atoms with Gasteiger partial charge >= 0.3 is 17.8 Å². The van der Waals surface area contributed by atoms with Crippen molar-refractivity contribution in [2.45, 2.75) is 0 Å². The van der Waals surface area contributed by atoms with Gasteiger partial charge in [-0.2, -0.15) is 5.10 Å². The molecule has 0 fully saturated rings. The molecule has 2 amide bonds. The lowest BCUT2D eigenvalue weighted by atomic mass is 10.2. The summed E-state index contributed by atoms with van der Waals surface area (Å²) in [6.45, 7) is 0. The Hall–Kier alpha value is -3.79. The van der Waals surface area contributed by atoms with Crippen LogP contribution >= 0.6 is 11.6 Å². The van der Waals surface area contributed by atoms with Gasteiger partial charge < -0.3 is 10.1 Å². The van der Waals surface area contributed by atoms with Crippen LogP contribution in [0, 0.1) is 10.1 Å². The van der Waals surface area contributed by atoms with E-state index in [4.69, 9.17) is 11.6 Å². The van der Waals surface area contributed by atoms with E-state index in [0.717, 1.165) is 6.21 Å². The molecule has 144 valence electrons. The van der Waals surface area contributed by atoms with Crippen LogP contribution < -0.4 is 10.7 Å². The molecule has 0 heterocycles. The standard InChI is InChI=1S/C17H13ClN4O6/c1-28-17(25)10-2-4-12(5-3-10)20-15(23)16(24)21-19-9-11-8-13(22(26)27)6-7-14(11)18/h2-9H,1H3,(H,20,23)(H,21,24)/b19-9-. The van der Waals surface area contributed by atoms with Crippen molar-refractivity contribution in [2.24, 2.45) is 5.10 Å². The van der Waals surface area contributed by atoms with Crippen molar-refractivity contribution >= 4 is 47.0 Å². The second kappa shape index (κ2) is 9.24. The number of hydrogen-bond donors (Lipinski definition) is 2. The molecule has 0 bridgehead atoms. The predicted octanol–water partition coefficient (Wildman–Crippen LogP) is 2.12. The Morgan fingerprint density at radius 2 is 1.82 bits per heavy atom. The lowest BCUT2D eigenvalue weighted by Gasteiger charge is -2.05. The zero-order chi connectivity index (χ0) is 20.7. The van der Waals surface area contributed by atoms with Gasteiger partial charge in [0.1, 0.15) is 0 Å². The molecule has 0 aliphatic rings. The van der Waals surface area contributed by atoms with E-state index < -0.39 is 22.7 Å². The van der Waals surface area contributed by atoms with Crippen LogP contribution in [0.15, 0.2) is 47.6 Å². The highest BCUT2D eigenvalue weighted by molar-refractivity contribution is 6.39. The number of rotatable bonds is 5. The van der Waals surface area contributed by atoms with Gasteiger partial charge in [0.15, 0.2) is 0 Å². The monoisotopic (exact) mass is 404 g/mol. The highest BCUT2D eigenvalue weighted by atomic mass is 35.5. The predicted molar refractivity (Wildman–Crippen MR) is 100 cm³/mol. The van der Waals surface area contributed by atoms with E-state index in [-0.39, 0.29) is 27.5 Å². The third-order valence-electron chi connectivity index (χ3n) is 3.33. The number of nitrogens with one attached hydrogen (secondary N) is 2. The van der Waals surface area contributed by atoms with Crippen molar-refractivity contribution in [2.75, 3.05) is 12.4 Å². The maximum absolute atomic E-state index is 11.8. The lowest BCUT2D eigenvalue weighted by Crippen LogP contribution is -2.32. The number of nitro benzene ring substituents is 1. The Bertz CT molecular complexity index is 959. The average molecular weight is 405 g/mol. The summed E-state index contributed by atoms with van der Waals surface area (Å²) in [6.07, 6.45) is 1.08. The first kappa shape index (κ1) is 20.5. The van der Waals surface area contributed by atoms with Crippen molar-refractivity contribution in [1.82, 2.24) is 5.43 Å². The molecule has 0 spiro atoms. The minimum absolute atomic E-state index is 0.179. The summed E-state index contributed by atoms with van der Waals surface area (Å²) in [7, 11) is 1.24. The van der Waals surface area contributed by atoms with Gasteiger partial charge in [0, 0.05) is 28.4 Å². The molecule has 0 saturated heterocycles.